The molecule has 18 heavy (non-hydrogen) atoms. The van der Waals surface area contributed by atoms with E-state index in [1.165, 1.54) is 30.6 Å². The van der Waals surface area contributed by atoms with Crippen LogP contribution in [-0.4, -0.2) is 25.1 Å². The second-order valence-corrected chi connectivity index (χ2v) is 5.91. The minimum atomic E-state index is 0.305. The Labute approximate surface area is 117 Å². The molecule has 1 N–H and O–H groups in total. The zero-order valence-electron chi connectivity index (χ0n) is 12.0. The molecule has 1 rings (SSSR count). The van der Waals surface area contributed by atoms with Crippen molar-refractivity contribution in [1.82, 2.24) is 5.32 Å². The molecular weight excluding hydrogens is 238 g/mol. The Balaban J connectivity index is 2.83. The molecule has 1 atom stereocenters. The van der Waals surface area contributed by atoms with E-state index in [9.17, 15) is 0 Å². The van der Waals surface area contributed by atoms with Crippen LogP contribution in [-0.2, 0) is 5.41 Å². The van der Waals surface area contributed by atoms with Gasteiger partial charge in [0.2, 0.25) is 0 Å². The number of nitrogens with one attached hydrogen (secondary N) is 1. The number of hydrogen-bond acceptors (Lipinski definition) is 2. The number of rotatable bonds is 9. The average molecular weight is 265 g/mol. The number of benzene rings is 1. The van der Waals surface area contributed by atoms with E-state index in [0.717, 1.165) is 13.1 Å². The summed E-state index contributed by atoms with van der Waals surface area (Å²) in [5, 5.41) is 3.63. The summed E-state index contributed by atoms with van der Waals surface area (Å²) in [5.74, 6) is 1.23. The first-order valence-corrected chi connectivity index (χ1v) is 8.43. The quantitative estimate of drug-likeness (QED) is 0.675. The van der Waals surface area contributed by atoms with Gasteiger partial charge in [-0.3, -0.25) is 0 Å². The molecule has 0 radical (unpaired) electrons. The Morgan fingerprint density at radius 2 is 1.89 bits per heavy atom. The van der Waals surface area contributed by atoms with Crippen LogP contribution in [0.15, 0.2) is 30.3 Å². The minimum Gasteiger partial charge on any atom is -0.316 e. The lowest BCUT2D eigenvalue weighted by atomic mass is 9.75. The van der Waals surface area contributed by atoms with Crippen molar-refractivity contribution < 1.29 is 0 Å². The Morgan fingerprint density at radius 3 is 2.44 bits per heavy atom. The second kappa shape index (κ2) is 8.60. The maximum atomic E-state index is 3.63. The molecule has 0 heterocycles. The van der Waals surface area contributed by atoms with E-state index in [2.05, 4.69) is 55.8 Å². The van der Waals surface area contributed by atoms with Crippen molar-refractivity contribution >= 4 is 11.8 Å². The predicted molar refractivity (Wildman–Crippen MR) is 84.6 cm³/mol. The zero-order chi connectivity index (χ0) is 13.3. The van der Waals surface area contributed by atoms with Gasteiger partial charge in [-0.15, -0.1) is 0 Å². The summed E-state index contributed by atoms with van der Waals surface area (Å²) in [6, 6.07) is 11.0. The van der Waals surface area contributed by atoms with Gasteiger partial charge in [0.15, 0.2) is 0 Å². The molecule has 0 aliphatic carbocycles. The van der Waals surface area contributed by atoms with Crippen LogP contribution in [0.5, 0.6) is 0 Å². The summed E-state index contributed by atoms with van der Waals surface area (Å²) in [4.78, 5) is 0. The first-order chi connectivity index (χ1) is 8.79. The molecule has 1 aromatic rings. The minimum absolute atomic E-state index is 0.305. The van der Waals surface area contributed by atoms with Crippen molar-refractivity contribution in [2.75, 3.05) is 25.1 Å². The largest absolute Gasteiger partial charge is 0.316 e. The van der Waals surface area contributed by atoms with Gasteiger partial charge in [-0.1, -0.05) is 44.2 Å². The van der Waals surface area contributed by atoms with Crippen molar-refractivity contribution in [3.63, 3.8) is 0 Å². The van der Waals surface area contributed by atoms with E-state index < -0.39 is 0 Å². The zero-order valence-corrected chi connectivity index (χ0v) is 12.9. The van der Waals surface area contributed by atoms with Crippen molar-refractivity contribution in [3.05, 3.63) is 35.9 Å². The molecule has 0 bridgehead atoms. The lowest BCUT2D eigenvalue weighted by Crippen LogP contribution is -2.38. The van der Waals surface area contributed by atoms with Crippen LogP contribution in [0.25, 0.3) is 0 Å². The predicted octanol–water partition coefficient (Wildman–Crippen LogP) is 4.09. The molecule has 1 nitrogen and oxygen atoms in total. The molecule has 0 saturated heterocycles. The van der Waals surface area contributed by atoms with E-state index in [1.54, 1.807) is 0 Å². The normalized spacial score (nSPS) is 14.4. The Morgan fingerprint density at radius 1 is 1.17 bits per heavy atom. The molecule has 0 aliphatic rings. The molecule has 0 spiro atoms. The fraction of sp³-hybridized carbons (Fsp3) is 0.625. The summed E-state index contributed by atoms with van der Waals surface area (Å²) in [6.07, 6.45) is 5.86. The summed E-state index contributed by atoms with van der Waals surface area (Å²) >= 11 is 1.95. The van der Waals surface area contributed by atoms with Crippen LogP contribution >= 0.6 is 11.8 Å². The monoisotopic (exact) mass is 265 g/mol. The summed E-state index contributed by atoms with van der Waals surface area (Å²) in [7, 11) is 0. The van der Waals surface area contributed by atoms with E-state index in [-0.39, 0.29) is 0 Å². The molecule has 2 heteroatoms. The molecule has 0 amide bonds. The molecule has 1 aromatic carbocycles. The third-order valence-electron chi connectivity index (χ3n) is 3.74. The van der Waals surface area contributed by atoms with E-state index in [1.807, 2.05) is 11.8 Å². The lowest BCUT2D eigenvalue weighted by Gasteiger charge is -2.34. The van der Waals surface area contributed by atoms with Crippen LogP contribution in [0.4, 0.5) is 0 Å². The molecule has 0 aromatic heterocycles. The smallest absolute Gasteiger partial charge is 0.00829 e. The highest BCUT2D eigenvalue weighted by Gasteiger charge is 2.29. The SMILES string of the molecule is CCCNCC(CC)(CCSC)c1ccccc1. The maximum Gasteiger partial charge on any atom is 0.00829 e. The van der Waals surface area contributed by atoms with Crippen LogP contribution in [0, 0.1) is 0 Å². The number of hydrogen-bond donors (Lipinski definition) is 1. The molecule has 0 aliphatic heterocycles. The fourth-order valence-corrected chi connectivity index (χ4v) is 3.03. The van der Waals surface area contributed by atoms with Gasteiger partial charge in [0.1, 0.15) is 0 Å². The van der Waals surface area contributed by atoms with E-state index >= 15 is 0 Å². The lowest BCUT2D eigenvalue weighted by molar-refractivity contribution is 0.371. The van der Waals surface area contributed by atoms with Gasteiger partial charge >= 0.3 is 0 Å². The third-order valence-corrected chi connectivity index (χ3v) is 4.35. The standard InChI is InChI=1S/C16H27NS/c1-4-12-17-14-16(5-2,11-13-18-3)15-9-7-6-8-10-15/h6-10,17H,4-5,11-14H2,1-3H3. The van der Waals surface area contributed by atoms with Crippen molar-refractivity contribution in [2.24, 2.45) is 0 Å². The maximum absolute atomic E-state index is 3.63. The van der Waals surface area contributed by atoms with Crippen molar-refractivity contribution in [1.29, 1.82) is 0 Å². The van der Waals surface area contributed by atoms with Gasteiger partial charge in [-0.25, -0.2) is 0 Å². The van der Waals surface area contributed by atoms with Gasteiger partial charge in [-0.05, 0) is 43.4 Å². The highest BCUT2D eigenvalue weighted by molar-refractivity contribution is 7.98. The van der Waals surface area contributed by atoms with Gasteiger partial charge in [0.05, 0.1) is 0 Å². The molecule has 1 unspecified atom stereocenters. The molecule has 102 valence electrons. The van der Waals surface area contributed by atoms with Gasteiger partial charge in [0, 0.05) is 12.0 Å². The van der Waals surface area contributed by atoms with Crippen molar-refractivity contribution in [2.45, 2.75) is 38.5 Å². The van der Waals surface area contributed by atoms with Gasteiger partial charge < -0.3 is 5.32 Å². The van der Waals surface area contributed by atoms with Gasteiger partial charge in [-0.2, -0.15) is 11.8 Å². The highest BCUT2D eigenvalue weighted by atomic mass is 32.2. The average Bonchev–Trinajstić information content (AvgIpc) is 2.44. The molecular formula is C16H27NS. The van der Waals surface area contributed by atoms with Crippen LogP contribution in [0.1, 0.15) is 38.7 Å². The van der Waals surface area contributed by atoms with E-state index in [4.69, 9.17) is 0 Å². The van der Waals surface area contributed by atoms with Crippen molar-refractivity contribution in [3.8, 4) is 0 Å². The third kappa shape index (κ3) is 4.33. The number of thioether (sulfide) groups is 1. The fourth-order valence-electron chi connectivity index (χ4n) is 2.43. The topological polar surface area (TPSA) is 12.0 Å². The summed E-state index contributed by atoms with van der Waals surface area (Å²) in [5.41, 5.74) is 1.80. The Kier molecular flexibility index (Phi) is 7.45. The first-order valence-electron chi connectivity index (χ1n) is 7.04. The Bertz CT molecular complexity index is 312. The van der Waals surface area contributed by atoms with Crippen LogP contribution in [0.3, 0.4) is 0 Å². The van der Waals surface area contributed by atoms with E-state index in [0.29, 0.717) is 5.41 Å². The van der Waals surface area contributed by atoms with Crippen LogP contribution in [0.2, 0.25) is 0 Å². The molecule has 0 fully saturated rings. The van der Waals surface area contributed by atoms with Gasteiger partial charge in [0.25, 0.3) is 0 Å². The molecule has 0 saturated carbocycles. The van der Waals surface area contributed by atoms with Crippen LogP contribution < -0.4 is 5.32 Å². The first kappa shape index (κ1) is 15.6. The summed E-state index contributed by atoms with van der Waals surface area (Å²) < 4.78 is 0. The summed E-state index contributed by atoms with van der Waals surface area (Å²) in [6.45, 7) is 6.77. The second-order valence-electron chi connectivity index (χ2n) is 4.92. The Hall–Kier alpha value is -0.470. The highest BCUT2D eigenvalue weighted by Crippen LogP contribution is 2.32.